The number of aromatic nitrogens is 2. The third-order valence-corrected chi connectivity index (χ3v) is 4.51. The molecule has 1 aromatic rings. The summed E-state index contributed by atoms with van der Waals surface area (Å²) in [5, 5.41) is 18.2. The van der Waals surface area contributed by atoms with Crippen LogP contribution in [0.15, 0.2) is 0 Å². The first kappa shape index (κ1) is 14.1. The minimum atomic E-state index is 0.737. The van der Waals surface area contributed by atoms with Crippen molar-refractivity contribution >= 4 is 17.6 Å². The first-order valence-electron chi connectivity index (χ1n) is 6.93. The van der Waals surface area contributed by atoms with Crippen molar-refractivity contribution in [3.05, 3.63) is 16.8 Å². The van der Waals surface area contributed by atoms with Crippen LogP contribution in [0.25, 0.3) is 0 Å². The minimum absolute atomic E-state index is 0.737. The fourth-order valence-corrected chi connectivity index (χ4v) is 3.35. The normalized spacial score (nSPS) is 15.9. The van der Waals surface area contributed by atoms with Crippen LogP contribution in [0, 0.1) is 11.3 Å². The molecule has 0 radical (unpaired) electrons. The van der Waals surface area contributed by atoms with Gasteiger partial charge >= 0.3 is 0 Å². The molecule has 0 amide bonds. The third-order valence-electron chi connectivity index (χ3n) is 3.46. The maximum absolute atomic E-state index is 9.50. The Labute approximate surface area is 119 Å². The summed E-state index contributed by atoms with van der Waals surface area (Å²) in [7, 11) is 0. The van der Waals surface area contributed by atoms with E-state index in [1.807, 2.05) is 11.8 Å². The summed E-state index contributed by atoms with van der Waals surface area (Å²) in [4.78, 5) is 2.23. The molecule has 0 unspecified atom stereocenters. The van der Waals surface area contributed by atoms with E-state index in [2.05, 4.69) is 35.0 Å². The molecule has 0 spiro atoms. The molecule has 5 heteroatoms. The fourth-order valence-electron chi connectivity index (χ4n) is 2.46. The Balaban J connectivity index is 2.42. The van der Waals surface area contributed by atoms with E-state index in [4.69, 9.17) is 0 Å². The van der Waals surface area contributed by atoms with Crippen molar-refractivity contribution in [2.75, 3.05) is 29.5 Å². The van der Waals surface area contributed by atoms with Gasteiger partial charge in [-0.15, -0.1) is 5.10 Å². The molecular formula is C14H20N4S. The lowest BCUT2D eigenvalue weighted by atomic mass is 10.0. The monoisotopic (exact) mass is 276 g/mol. The van der Waals surface area contributed by atoms with Crippen molar-refractivity contribution in [1.29, 1.82) is 5.26 Å². The smallest absolute Gasteiger partial charge is 0.169 e. The van der Waals surface area contributed by atoms with Crippen LogP contribution in [0.3, 0.4) is 0 Å². The van der Waals surface area contributed by atoms with Gasteiger partial charge in [0.15, 0.2) is 5.82 Å². The molecule has 0 saturated carbocycles. The zero-order valence-corrected chi connectivity index (χ0v) is 12.5. The highest BCUT2D eigenvalue weighted by atomic mass is 32.2. The lowest BCUT2D eigenvalue weighted by Gasteiger charge is -2.23. The molecule has 0 aliphatic carbocycles. The Bertz CT molecular complexity index is 473. The number of rotatable bonds is 3. The maximum atomic E-state index is 9.50. The Morgan fingerprint density at radius 3 is 2.74 bits per heavy atom. The number of hydrogen-bond acceptors (Lipinski definition) is 5. The number of aryl methyl sites for hydroxylation is 1. The van der Waals surface area contributed by atoms with Gasteiger partial charge in [-0.25, -0.2) is 0 Å². The molecule has 1 aliphatic heterocycles. The lowest BCUT2D eigenvalue weighted by molar-refractivity contribution is 0.769. The van der Waals surface area contributed by atoms with Crippen molar-refractivity contribution in [1.82, 2.24) is 10.2 Å². The summed E-state index contributed by atoms with van der Waals surface area (Å²) < 4.78 is 0. The van der Waals surface area contributed by atoms with E-state index < -0.39 is 0 Å². The van der Waals surface area contributed by atoms with Crippen LogP contribution in [0.5, 0.6) is 0 Å². The molecule has 1 aromatic heterocycles. The van der Waals surface area contributed by atoms with Gasteiger partial charge < -0.3 is 4.90 Å². The molecule has 0 bridgehead atoms. The quantitative estimate of drug-likeness (QED) is 0.848. The Hall–Kier alpha value is -1.28. The molecule has 4 nitrogen and oxygen atoms in total. The Morgan fingerprint density at radius 2 is 2.05 bits per heavy atom. The molecule has 1 fully saturated rings. The second kappa shape index (κ2) is 6.76. The van der Waals surface area contributed by atoms with Gasteiger partial charge in [0, 0.05) is 18.8 Å². The van der Waals surface area contributed by atoms with E-state index in [0.29, 0.717) is 0 Å². The van der Waals surface area contributed by atoms with Crippen molar-refractivity contribution in [3.8, 4) is 6.07 Å². The van der Waals surface area contributed by atoms with Gasteiger partial charge in [0.1, 0.15) is 11.6 Å². The van der Waals surface area contributed by atoms with Crippen LogP contribution < -0.4 is 4.90 Å². The van der Waals surface area contributed by atoms with Gasteiger partial charge in [-0.2, -0.15) is 22.1 Å². The van der Waals surface area contributed by atoms with Crippen LogP contribution in [0.1, 0.15) is 37.1 Å². The van der Waals surface area contributed by atoms with E-state index in [1.54, 1.807) is 0 Å². The van der Waals surface area contributed by atoms with Gasteiger partial charge in [-0.1, -0.05) is 13.8 Å². The fraction of sp³-hybridized carbons (Fsp3) is 0.643. The van der Waals surface area contributed by atoms with E-state index in [1.165, 1.54) is 5.75 Å². The summed E-state index contributed by atoms with van der Waals surface area (Å²) in [5.41, 5.74) is 2.78. The van der Waals surface area contributed by atoms with Gasteiger partial charge in [-0.05, 0) is 30.6 Å². The van der Waals surface area contributed by atoms with E-state index in [-0.39, 0.29) is 0 Å². The lowest BCUT2D eigenvalue weighted by Crippen LogP contribution is -2.28. The average Bonchev–Trinajstić information content (AvgIpc) is 2.74. The van der Waals surface area contributed by atoms with Crippen LogP contribution in [0.2, 0.25) is 0 Å². The van der Waals surface area contributed by atoms with Crippen LogP contribution in [0.4, 0.5) is 5.82 Å². The number of thioether (sulfide) groups is 1. The third kappa shape index (κ3) is 3.01. The Morgan fingerprint density at radius 1 is 1.21 bits per heavy atom. The zero-order chi connectivity index (χ0) is 13.7. The molecule has 0 N–H and O–H groups in total. The summed E-state index contributed by atoms with van der Waals surface area (Å²) in [6.45, 7) is 6.08. The highest BCUT2D eigenvalue weighted by molar-refractivity contribution is 7.99. The van der Waals surface area contributed by atoms with Crippen molar-refractivity contribution < 1.29 is 0 Å². The maximum Gasteiger partial charge on any atom is 0.169 e. The van der Waals surface area contributed by atoms with E-state index in [0.717, 1.165) is 60.7 Å². The summed E-state index contributed by atoms with van der Waals surface area (Å²) in [6, 6.07) is 2.36. The van der Waals surface area contributed by atoms with Gasteiger partial charge in [0.25, 0.3) is 0 Å². The summed E-state index contributed by atoms with van der Waals surface area (Å²) in [5.74, 6) is 3.09. The molecule has 2 heterocycles. The highest BCUT2D eigenvalue weighted by Crippen LogP contribution is 2.25. The number of nitriles is 1. The van der Waals surface area contributed by atoms with Crippen molar-refractivity contribution in [2.24, 2.45) is 0 Å². The summed E-state index contributed by atoms with van der Waals surface area (Å²) >= 11 is 1.97. The zero-order valence-electron chi connectivity index (χ0n) is 11.6. The van der Waals surface area contributed by atoms with Crippen LogP contribution in [-0.4, -0.2) is 34.8 Å². The molecule has 1 saturated heterocycles. The first-order valence-corrected chi connectivity index (χ1v) is 8.08. The second-order valence-electron chi connectivity index (χ2n) is 4.60. The predicted molar refractivity (Wildman–Crippen MR) is 79.7 cm³/mol. The predicted octanol–water partition coefficient (Wildman–Crippen LogP) is 2.42. The van der Waals surface area contributed by atoms with Crippen molar-refractivity contribution in [2.45, 2.75) is 33.1 Å². The number of hydrogen-bond donors (Lipinski definition) is 0. The first-order chi connectivity index (χ1) is 9.31. The molecule has 2 rings (SSSR count). The molecule has 0 atom stereocenters. The number of nitrogens with zero attached hydrogens (tertiary/aromatic N) is 4. The average molecular weight is 276 g/mol. The standard InChI is InChI=1S/C14H20N4S/c1-3-11-12(10-15)14(17-16-13(11)4-2)18-6-5-8-19-9-7-18/h3-9H2,1-2H3. The van der Waals surface area contributed by atoms with E-state index >= 15 is 0 Å². The minimum Gasteiger partial charge on any atom is -0.353 e. The second-order valence-corrected chi connectivity index (χ2v) is 5.82. The summed E-state index contributed by atoms with van der Waals surface area (Å²) in [6.07, 6.45) is 2.83. The molecule has 1 aliphatic rings. The van der Waals surface area contributed by atoms with Gasteiger partial charge in [-0.3, -0.25) is 0 Å². The molecular weight excluding hydrogens is 256 g/mol. The molecule has 0 aromatic carbocycles. The topological polar surface area (TPSA) is 52.8 Å². The SMILES string of the molecule is CCc1nnc(N2CCCSCC2)c(C#N)c1CC. The highest BCUT2D eigenvalue weighted by Gasteiger charge is 2.20. The molecule has 19 heavy (non-hydrogen) atoms. The van der Waals surface area contributed by atoms with Crippen LogP contribution in [-0.2, 0) is 12.8 Å². The molecule has 102 valence electrons. The van der Waals surface area contributed by atoms with E-state index in [9.17, 15) is 5.26 Å². The van der Waals surface area contributed by atoms with Gasteiger partial charge in [0.05, 0.1) is 5.69 Å². The largest absolute Gasteiger partial charge is 0.353 e. The Kier molecular flexibility index (Phi) is 5.03. The number of anilines is 1. The van der Waals surface area contributed by atoms with Crippen LogP contribution >= 0.6 is 11.8 Å². The van der Waals surface area contributed by atoms with Gasteiger partial charge in [0.2, 0.25) is 0 Å². The van der Waals surface area contributed by atoms with Crippen molar-refractivity contribution in [3.63, 3.8) is 0 Å².